The maximum absolute atomic E-state index is 12.8. The van der Waals surface area contributed by atoms with E-state index in [1.54, 1.807) is 0 Å². The van der Waals surface area contributed by atoms with Crippen molar-refractivity contribution in [3.05, 3.63) is 0 Å². The Bertz CT molecular complexity index is 1320. The van der Waals surface area contributed by atoms with Gasteiger partial charge in [-0.25, -0.2) is 0 Å². The van der Waals surface area contributed by atoms with Crippen LogP contribution in [0.5, 0.6) is 0 Å². The highest BCUT2D eigenvalue weighted by Crippen LogP contribution is 2.68. The van der Waals surface area contributed by atoms with E-state index < -0.39 is 11.9 Å². The van der Waals surface area contributed by atoms with E-state index in [0.29, 0.717) is 47.1 Å². The number of ketones is 2. The highest BCUT2D eigenvalue weighted by Gasteiger charge is 2.63. The van der Waals surface area contributed by atoms with E-state index in [1.807, 2.05) is 0 Å². The molecule has 0 aromatic carbocycles. The molecule has 0 aromatic heterocycles. The highest BCUT2D eigenvalue weighted by molar-refractivity contribution is 5.88. The second-order valence-electron chi connectivity index (χ2n) is 19.5. The molecule has 8 heteroatoms. The molecule has 8 fully saturated rings. The van der Waals surface area contributed by atoms with Crippen LogP contribution in [0, 0.1) is 74.9 Å². The molecule has 0 aromatic rings. The number of aliphatic carboxylic acids is 2. The summed E-state index contributed by atoms with van der Waals surface area (Å²) in [6.07, 6.45) is 17.8. The zero-order valence-corrected chi connectivity index (χ0v) is 31.5. The van der Waals surface area contributed by atoms with Gasteiger partial charge >= 0.3 is 5.97 Å². The van der Waals surface area contributed by atoms with Gasteiger partial charge in [0.1, 0.15) is 11.6 Å². The van der Waals surface area contributed by atoms with Crippen molar-refractivity contribution in [2.45, 2.75) is 162 Å². The molecule has 0 radical (unpaired) electrons. The molecular formula is C42H66O8. The third kappa shape index (κ3) is 6.43. The summed E-state index contributed by atoms with van der Waals surface area (Å²) in [4.78, 5) is 45.5. The van der Waals surface area contributed by atoms with E-state index in [9.17, 15) is 29.7 Å². The lowest BCUT2D eigenvalue weighted by atomic mass is 9.44. The fourth-order valence-corrected chi connectivity index (χ4v) is 14.7. The molecule has 8 nitrogen and oxygen atoms in total. The standard InChI is InChI=1S/C21H32O4.C19H30O2.C2H4O2/c1-20-7-5-14(22)11-13(20)3-4-15-16(20)6-8-21(2)17(23)9-12(19(15)21)10-18(24)25;1-18-9-7-13(20)11-12(18)3-4-14-15-5-6-17(21)19(15,2)10-8-16(14)18;1-2(3)4/h12-16,19,22H,3-11H2,1-2H3,(H,24,25);12-16,20H,3-11H2,1-2H3;1H3,(H,3,4)/t12?,13-,14+,15+,16-,19-,20-,21+;12-,13+,14-,15-,16-,18-,19-;/m00./s1. The number of carboxylic acid groups (broad SMARTS) is 2. The summed E-state index contributed by atoms with van der Waals surface area (Å²) in [5.41, 5.74) is 0.426. The SMILES string of the molecule is CC(=O)O.C[C@]12CC[C@@H](O)C[C@@H]1CC[C@@H]1[C@@H]2CC[C@]2(C)C(=O)CC(CC(=O)O)[C@@H]12.C[C@]12CC[C@@H](O)C[C@@H]1CC[C@@H]1[C@@H]2CC[C@]2(C)C(=O)CC[C@@H]12. The molecule has 1 unspecified atom stereocenters. The van der Waals surface area contributed by atoms with Gasteiger partial charge in [0.2, 0.25) is 0 Å². The molecule has 0 spiro atoms. The maximum atomic E-state index is 12.8. The molecule has 8 rings (SSSR count). The molecule has 282 valence electrons. The van der Waals surface area contributed by atoms with E-state index in [0.717, 1.165) is 102 Å². The Kier molecular flexibility index (Phi) is 10.5. The average molecular weight is 699 g/mol. The van der Waals surface area contributed by atoms with E-state index in [4.69, 9.17) is 9.90 Å². The van der Waals surface area contributed by atoms with Gasteiger partial charge in [-0.1, -0.05) is 27.7 Å². The first kappa shape index (κ1) is 37.9. The van der Waals surface area contributed by atoms with Gasteiger partial charge < -0.3 is 20.4 Å². The minimum Gasteiger partial charge on any atom is -0.481 e. The molecule has 15 atom stereocenters. The maximum Gasteiger partial charge on any atom is 0.303 e. The van der Waals surface area contributed by atoms with Gasteiger partial charge in [0.15, 0.2) is 0 Å². The van der Waals surface area contributed by atoms with Crippen molar-refractivity contribution in [3.63, 3.8) is 0 Å². The highest BCUT2D eigenvalue weighted by atomic mass is 16.4. The van der Waals surface area contributed by atoms with Crippen LogP contribution in [0.25, 0.3) is 0 Å². The Morgan fingerprint density at radius 2 is 1.14 bits per heavy atom. The van der Waals surface area contributed by atoms with Crippen LogP contribution in [0.4, 0.5) is 0 Å². The number of carbonyl (C=O) groups is 4. The monoisotopic (exact) mass is 698 g/mol. The summed E-state index contributed by atoms with van der Waals surface area (Å²) in [6.45, 7) is 10.4. The number of Topliss-reactive ketones (excluding diaryl/α,β-unsaturated/α-hetero) is 2. The zero-order valence-electron chi connectivity index (χ0n) is 31.5. The minimum atomic E-state index is -0.833. The first-order valence-corrected chi connectivity index (χ1v) is 20.3. The number of hydrogen-bond donors (Lipinski definition) is 4. The fraction of sp³-hybridized carbons (Fsp3) is 0.905. The predicted molar refractivity (Wildman–Crippen MR) is 190 cm³/mol. The van der Waals surface area contributed by atoms with Crippen LogP contribution in [0.15, 0.2) is 0 Å². The van der Waals surface area contributed by atoms with Crippen molar-refractivity contribution in [2.75, 3.05) is 0 Å². The van der Waals surface area contributed by atoms with E-state index >= 15 is 0 Å². The molecule has 50 heavy (non-hydrogen) atoms. The third-order valence-corrected chi connectivity index (χ3v) is 17.3. The van der Waals surface area contributed by atoms with Crippen LogP contribution in [0.2, 0.25) is 0 Å². The molecular weight excluding hydrogens is 632 g/mol. The minimum absolute atomic E-state index is 0.0124. The van der Waals surface area contributed by atoms with Crippen molar-refractivity contribution in [1.82, 2.24) is 0 Å². The van der Waals surface area contributed by atoms with E-state index in [1.165, 1.54) is 25.7 Å². The number of fused-ring (bicyclic) bond motifs is 10. The van der Waals surface area contributed by atoms with Crippen LogP contribution < -0.4 is 0 Å². The van der Waals surface area contributed by atoms with Gasteiger partial charge in [0.25, 0.3) is 5.97 Å². The van der Waals surface area contributed by atoms with Crippen LogP contribution >= 0.6 is 0 Å². The Hall–Kier alpha value is -1.80. The summed E-state index contributed by atoms with van der Waals surface area (Å²) in [5, 5.41) is 36.9. The summed E-state index contributed by atoms with van der Waals surface area (Å²) >= 11 is 0. The van der Waals surface area contributed by atoms with Gasteiger partial charge in [0, 0.05) is 37.0 Å². The smallest absolute Gasteiger partial charge is 0.303 e. The van der Waals surface area contributed by atoms with Gasteiger partial charge in [-0.2, -0.15) is 0 Å². The van der Waals surface area contributed by atoms with Crippen molar-refractivity contribution < 1.29 is 39.6 Å². The zero-order chi connectivity index (χ0) is 36.4. The second-order valence-corrected chi connectivity index (χ2v) is 19.5. The first-order chi connectivity index (χ1) is 23.4. The number of aliphatic hydroxyl groups is 2. The Morgan fingerprint density at radius 1 is 0.640 bits per heavy atom. The molecule has 4 N–H and O–H groups in total. The van der Waals surface area contributed by atoms with Gasteiger partial charge in [-0.05, 0) is 160 Å². The van der Waals surface area contributed by atoms with Gasteiger partial charge in [-0.15, -0.1) is 0 Å². The van der Waals surface area contributed by atoms with Gasteiger partial charge in [-0.3, -0.25) is 19.2 Å². The Balaban J connectivity index is 0.000000158. The lowest BCUT2D eigenvalue weighted by Crippen LogP contribution is -2.54. The summed E-state index contributed by atoms with van der Waals surface area (Å²) in [7, 11) is 0. The van der Waals surface area contributed by atoms with Crippen LogP contribution in [0.1, 0.15) is 150 Å². The number of carbonyl (C=O) groups excluding carboxylic acids is 2. The molecule has 8 aliphatic carbocycles. The molecule has 0 saturated heterocycles. The quantitative estimate of drug-likeness (QED) is 0.229. The molecule has 0 amide bonds. The summed E-state index contributed by atoms with van der Waals surface area (Å²) < 4.78 is 0. The molecule has 0 bridgehead atoms. The van der Waals surface area contributed by atoms with Crippen molar-refractivity contribution >= 4 is 23.5 Å². The van der Waals surface area contributed by atoms with Crippen molar-refractivity contribution in [1.29, 1.82) is 0 Å². The lowest BCUT2D eigenvalue weighted by molar-refractivity contribution is -0.148. The van der Waals surface area contributed by atoms with Crippen LogP contribution in [-0.2, 0) is 19.2 Å². The molecule has 8 saturated carbocycles. The van der Waals surface area contributed by atoms with Crippen LogP contribution in [0.3, 0.4) is 0 Å². The molecule has 0 heterocycles. The number of carboxylic acids is 2. The Morgan fingerprint density at radius 3 is 1.68 bits per heavy atom. The number of aliphatic hydroxyl groups excluding tert-OH is 2. The third-order valence-electron chi connectivity index (χ3n) is 17.3. The molecule has 8 aliphatic rings. The number of rotatable bonds is 2. The van der Waals surface area contributed by atoms with Crippen molar-refractivity contribution in [3.8, 4) is 0 Å². The van der Waals surface area contributed by atoms with E-state index in [2.05, 4.69) is 27.7 Å². The fourth-order valence-electron chi connectivity index (χ4n) is 14.7. The average Bonchev–Trinajstić information content (AvgIpc) is 3.48. The van der Waals surface area contributed by atoms with E-state index in [-0.39, 0.29) is 46.7 Å². The molecule has 0 aliphatic heterocycles. The van der Waals surface area contributed by atoms with Crippen LogP contribution in [-0.4, -0.2) is 56.1 Å². The number of hydrogen-bond acceptors (Lipinski definition) is 6. The largest absolute Gasteiger partial charge is 0.481 e. The normalized spacial score (nSPS) is 50.3. The van der Waals surface area contributed by atoms with Gasteiger partial charge in [0.05, 0.1) is 12.2 Å². The Labute approximate surface area is 299 Å². The second kappa shape index (κ2) is 13.9. The first-order valence-electron chi connectivity index (χ1n) is 20.3. The predicted octanol–water partition coefficient (Wildman–Crippen LogP) is 7.71. The lowest BCUT2D eigenvalue weighted by Gasteiger charge is -2.60. The van der Waals surface area contributed by atoms with Crippen molar-refractivity contribution in [2.24, 2.45) is 74.9 Å². The summed E-state index contributed by atoms with van der Waals surface area (Å²) in [5.74, 6) is 4.21. The summed E-state index contributed by atoms with van der Waals surface area (Å²) in [6, 6.07) is 0. The topological polar surface area (TPSA) is 149 Å².